The summed E-state index contributed by atoms with van der Waals surface area (Å²) in [5, 5.41) is 0. The van der Waals surface area contributed by atoms with E-state index in [0.717, 1.165) is 5.56 Å². The van der Waals surface area contributed by atoms with Crippen LogP contribution in [-0.4, -0.2) is 13.2 Å². The summed E-state index contributed by atoms with van der Waals surface area (Å²) >= 11 is 5.48. The lowest BCUT2D eigenvalue weighted by atomic mass is 9.97. The third-order valence-electron chi connectivity index (χ3n) is 3.05. The van der Waals surface area contributed by atoms with E-state index in [1.807, 2.05) is 30.3 Å². The van der Waals surface area contributed by atoms with E-state index >= 15 is 0 Å². The zero-order valence-corrected chi connectivity index (χ0v) is 11.7. The van der Waals surface area contributed by atoms with Crippen LogP contribution in [0.25, 0.3) is 0 Å². The summed E-state index contributed by atoms with van der Waals surface area (Å²) in [6.07, 6.45) is -0.0487. The highest BCUT2D eigenvalue weighted by atomic mass is 35.5. The van der Waals surface area contributed by atoms with Gasteiger partial charge in [-0.25, -0.2) is 4.84 Å². The van der Waals surface area contributed by atoms with E-state index in [4.69, 9.17) is 16.5 Å². The molecule has 0 aliphatic rings. The predicted octanol–water partition coefficient (Wildman–Crippen LogP) is 3.84. The topological polar surface area (TPSA) is 21.3 Å². The van der Waals surface area contributed by atoms with Crippen LogP contribution < -0.4 is 4.84 Å². The highest BCUT2D eigenvalue weighted by Crippen LogP contribution is 2.28. The predicted molar refractivity (Wildman–Crippen MR) is 79.3 cm³/mol. The maximum absolute atomic E-state index is 5.99. The SMILES string of the molecule is Cc1ccccc1[C@H](OCCNCl)c1ccccc1. The highest BCUT2D eigenvalue weighted by molar-refractivity contribution is 6.13. The highest BCUT2D eigenvalue weighted by Gasteiger charge is 2.15. The second-order valence-electron chi connectivity index (χ2n) is 4.40. The maximum atomic E-state index is 5.99. The van der Waals surface area contributed by atoms with Crippen LogP contribution in [0.1, 0.15) is 22.8 Å². The van der Waals surface area contributed by atoms with Gasteiger partial charge in [-0.3, -0.25) is 0 Å². The van der Waals surface area contributed by atoms with Crippen LogP contribution in [0.2, 0.25) is 0 Å². The Morgan fingerprint density at radius 3 is 2.42 bits per heavy atom. The van der Waals surface area contributed by atoms with Crippen molar-refractivity contribution < 1.29 is 4.74 Å². The van der Waals surface area contributed by atoms with Gasteiger partial charge in [0.05, 0.1) is 6.61 Å². The van der Waals surface area contributed by atoms with Crippen molar-refractivity contribution in [2.45, 2.75) is 13.0 Å². The Morgan fingerprint density at radius 2 is 1.74 bits per heavy atom. The van der Waals surface area contributed by atoms with E-state index < -0.39 is 0 Å². The fourth-order valence-electron chi connectivity index (χ4n) is 2.09. The molecule has 0 aliphatic heterocycles. The lowest BCUT2D eigenvalue weighted by molar-refractivity contribution is 0.0844. The van der Waals surface area contributed by atoms with E-state index in [9.17, 15) is 0 Å². The first-order chi connectivity index (χ1) is 9.33. The molecule has 3 heteroatoms. The zero-order chi connectivity index (χ0) is 13.5. The molecule has 2 aromatic carbocycles. The van der Waals surface area contributed by atoms with Crippen molar-refractivity contribution in [2.75, 3.05) is 13.2 Å². The van der Waals surface area contributed by atoms with Gasteiger partial charge < -0.3 is 4.74 Å². The number of benzene rings is 2. The molecule has 0 bridgehead atoms. The molecule has 0 fully saturated rings. The van der Waals surface area contributed by atoms with Crippen LogP contribution in [0, 0.1) is 6.92 Å². The molecule has 1 atom stereocenters. The summed E-state index contributed by atoms with van der Waals surface area (Å²) in [5.74, 6) is 0. The number of nitrogens with one attached hydrogen (secondary N) is 1. The Kier molecular flexibility index (Phi) is 5.40. The molecule has 19 heavy (non-hydrogen) atoms. The summed E-state index contributed by atoms with van der Waals surface area (Å²) in [4.78, 5) is 2.59. The van der Waals surface area contributed by atoms with Crippen molar-refractivity contribution >= 4 is 11.8 Å². The molecule has 0 saturated heterocycles. The quantitative estimate of drug-likeness (QED) is 0.639. The van der Waals surface area contributed by atoms with Crippen molar-refractivity contribution in [3.63, 3.8) is 0 Å². The normalized spacial score (nSPS) is 12.3. The largest absolute Gasteiger partial charge is 0.367 e. The van der Waals surface area contributed by atoms with Gasteiger partial charge in [-0.2, -0.15) is 0 Å². The average Bonchev–Trinajstić information content (AvgIpc) is 2.46. The minimum atomic E-state index is -0.0487. The molecule has 0 radical (unpaired) electrons. The van der Waals surface area contributed by atoms with Crippen molar-refractivity contribution in [3.05, 3.63) is 71.3 Å². The molecular formula is C16H18ClNO. The first-order valence-electron chi connectivity index (χ1n) is 6.38. The fraction of sp³-hybridized carbons (Fsp3) is 0.250. The first kappa shape index (κ1) is 14.1. The molecule has 100 valence electrons. The molecule has 0 heterocycles. The lowest BCUT2D eigenvalue weighted by Gasteiger charge is -2.20. The number of hydrogen-bond acceptors (Lipinski definition) is 2. The third kappa shape index (κ3) is 3.80. The Balaban J connectivity index is 2.27. The molecule has 0 spiro atoms. The maximum Gasteiger partial charge on any atom is 0.108 e. The lowest BCUT2D eigenvalue weighted by Crippen LogP contribution is -2.15. The number of halogens is 1. The van der Waals surface area contributed by atoms with Crippen molar-refractivity contribution in [2.24, 2.45) is 0 Å². The van der Waals surface area contributed by atoms with E-state index in [1.54, 1.807) is 0 Å². The monoisotopic (exact) mass is 275 g/mol. The van der Waals surface area contributed by atoms with Gasteiger partial charge in [-0.05, 0) is 35.4 Å². The van der Waals surface area contributed by atoms with Crippen molar-refractivity contribution in [1.29, 1.82) is 0 Å². The zero-order valence-electron chi connectivity index (χ0n) is 11.0. The van der Waals surface area contributed by atoms with E-state index in [0.29, 0.717) is 13.2 Å². The summed E-state index contributed by atoms with van der Waals surface area (Å²) in [7, 11) is 0. The summed E-state index contributed by atoms with van der Waals surface area (Å²) in [6, 6.07) is 18.6. The van der Waals surface area contributed by atoms with Crippen molar-refractivity contribution in [1.82, 2.24) is 4.84 Å². The molecule has 0 amide bonds. The molecule has 0 aromatic heterocycles. The van der Waals surface area contributed by atoms with Gasteiger partial charge in [-0.15, -0.1) is 0 Å². The average molecular weight is 276 g/mol. The number of hydrogen-bond donors (Lipinski definition) is 1. The van der Waals surface area contributed by atoms with Gasteiger partial charge in [0.2, 0.25) is 0 Å². The van der Waals surface area contributed by atoms with Crippen LogP contribution >= 0.6 is 11.8 Å². The van der Waals surface area contributed by atoms with Crippen LogP contribution in [0.15, 0.2) is 54.6 Å². The molecule has 1 N–H and O–H groups in total. The fourth-order valence-corrected chi connectivity index (χ4v) is 2.17. The molecule has 0 aliphatic carbocycles. The minimum absolute atomic E-state index is 0.0487. The van der Waals surface area contributed by atoms with E-state index in [1.165, 1.54) is 11.1 Å². The minimum Gasteiger partial charge on any atom is -0.367 e. The number of aryl methyl sites for hydroxylation is 1. The molecule has 2 nitrogen and oxygen atoms in total. The van der Waals surface area contributed by atoms with E-state index in [2.05, 4.69) is 36.0 Å². The Bertz CT molecular complexity index is 501. The first-order valence-corrected chi connectivity index (χ1v) is 6.76. The van der Waals surface area contributed by atoms with Crippen LogP contribution in [0.4, 0.5) is 0 Å². The van der Waals surface area contributed by atoms with Gasteiger partial charge in [0.25, 0.3) is 0 Å². The standard InChI is InChI=1S/C16H18ClNO/c1-13-7-5-6-10-15(13)16(19-12-11-18-17)14-8-3-2-4-9-14/h2-10,16,18H,11-12H2,1H3/t16-/m1/s1. The van der Waals surface area contributed by atoms with Crippen LogP contribution in [0.5, 0.6) is 0 Å². The summed E-state index contributed by atoms with van der Waals surface area (Å²) in [6.45, 7) is 3.29. The second-order valence-corrected chi connectivity index (χ2v) is 4.67. The second kappa shape index (κ2) is 7.29. The molecular weight excluding hydrogens is 258 g/mol. The number of ether oxygens (including phenoxy) is 1. The Hall–Kier alpha value is -1.35. The van der Waals surface area contributed by atoms with Gasteiger partial charge in [0, 0.05) is 6.54 Å². The number of rotatable bonds is 6. The van der Waals surface area contributed by atoms with E-state index in [-0.39, 0.29) is 6.10 Å². The summed E-state index contributed by atoms with van der Waals surface area (Å²) < 4.78 is 5.99. The van der Waals surface area contributed by atoms with Gasteiger partial charge in [0.1, 0.15) is 6.10 Å². The molecule has 0 unspecified atom stereocenters. The smallest absolute Gasteiger partial charge is 0.108 e. The van der Waals surface area contributed by atoms with Crippen LogP contribution in [-0.2, 0) is 4.74 Å². The summed E-state index contributed by atoms with van der Waals surface area (Å²) in [5.41, 5.74) is 3.59. The molecule has 0 saturated carbocycles. The Labute approximate surface area is 119 Å². The van der Waals surface area contributed by atoms with Gasteiger partial charge in [-0.1, -0.05) is 54.6 Å². The third-order valence-corrected chi connectivity index (χ3v) is 3.24. The Morgan fingerprint density at radius 1 is 1.05 bits per heavy atom. The van der Waals surface area contributed by atoms with Crippen molar-refractivity contribution in [3.8, 4) is 0 Å². The molecule has 2 aromatic rings. The van der Waals surface area contributed by atoms with Crippen LogP contribution in [0.3, 0.4) is 0 Å². The van der Waals surface area contributed by atoms with Gasteiger partial charge >= 0.3 is 0 Å². The van der Waals surface area contributed by atoms with Gasteiger partial charge in [0.15, 0.2) is 0 Å². The molecule has 2 rings (SSSR count).